The first-order valence-corrected chi connectivity index (χ1v) is 7.58. The molecular weight excluding hydrogens is 393 g/mol. The number of nitrogens with zero attached hydrogens (tertiary/aromatic N) is 1. The summed E-state index contributed by atoms with van der Waals surface area (Å²) in [5.74, 6) is 5.62. The summed E-state index contributed by atoms with van der Waals surface area (Å²) in [4.78, 5) is 4.35. The van der Waals surface area contributed by atoms with Crippen molar-refractivity contribution in [1.82, 2.24) is 10.4 Å². The summed E-state index contributed by atoms with van der Waals surface area (Å²) < 4.78 is 1.90. The number of pyridine rings is 1. The van der Waals surface area contributed by atoms with Crippen molar-refractivity contribution in [2.75, 3.05) is 0 Å². The Bertz CT molecular complexity index is 560. The second-order valence-electron chi connectivity index (χ2n) is 4.06. The van der Waals surface area contributed by atoms with Gasteiger partial charge in [0.05, 0.1) is 11.7 Å². The molecule has 2 rings (SSSR count). The number of rotatable bonds is 4. The van der Waals surface area contributed by atoms with Gasteiger partial charge >= 0.3 is 0 Å². The highest BCUT2D eigenvalue weighted by Crippen LogP contribution is 2.25. The van der Waals surface area contributed by atoms with Crippen LogP contribution < -0.4 is 11.3 Å². The maximum absolute atomic E-state index is 6.22. The van der Waals surface area contributed by atoms with Crippen molar-refractivity contribution in [1.29, 1.82) is 0 Å². The number of halogens is 3. The van der Waals surface area contributed by atoms with E-state index >= 15 is 0 Å². The van der Waals surface area contributed by atoms with Gasteiger partial charge in [0, 0.05) is 20.2 Å². The van der Waals surface area contributed by atoms with Gasteiger partial charge in [0.2, 0.25) is 0 Å². The number of hydrogen-bond donors (Lipinski definition) is 2. The predicted octanol–water partition coefficient (Wildman–Crippen LogP) is 4.01. The van der Waals surface area contributed by atoms with Crippen molar-refractivity contribution in [2.45, 2.75) is 12.5 Å². The predicted molar refractivity (Wildman–Crippen MR) is 84.9 cm³/mol. The van der Waals surface area contributed by atoms with Crippen molar-refractivity contribution in [3.05, 3.63) is 61.8 Å². The Morgan fingerprint density at radius 2 is 1.95 bits per heavy atom. The lowest BCUT2D eigenvalue weighted by atomic mass is 10.0. The molecule has 0 fully saturated rings. The Labute approximate surface area is 133 Å². The fraction of sp³-hybridized carbons (Fsp3) is 0.154. The lowest BCUT2D eigenvalue weighted by molar-refractivity contribution is 0.538. The summed E-state index contributed by atoms with van der Waals surface area (Å²) >= 11 is 13.0. The van der Waals surface area contributed by atoms with E-state index in [0.29, 0.717) is 11.4 Å². The summed E-state index contributed by atoms with van der Waals surface area (Å²) in [5.41, 5.74) is 4.68. The van der Waals surface area contributed by atoms with Crippen LogP contribution in [0.2, 0.25) is 5.02 Å². The van der Waals surface area contributed by atoms with E-state index in [2.05, 4.69) is 42.3 Å². The van der Waals surface area contributed by atoms with Crippen molar-refractivity contribution >= 4 is 43.5 Å². The van der Waals surface area contributed by atoms with Crippen LogP contribution in [0.3, 0.4) is 0 Å². The maximum Gasteiger partial charge on any atom is 0.0672 e. The van der Waals surface area contributed by atoms with Gasteiger partial charge in [-0.3, -0.25) is 16.3 Å². The molecule has 1 atom stereocenters. The van der Waals surface area contributed by atoms with Gasteiger partial charge in [-0.25, -0.2) is 0 Å². The zero-order chi connectivity index (χ0) is 13.8. The van der Waals surface area contributed by atoms with E-state index in [1.54, 1.807) is 6.20 Å². The zero-order valence-corrected chi connectivity index (χ0v) is 13.8. The van der Waals surface area contributed by atoms with E-state index in [-0.39, 0.29) is 6.04 Å². The van der Waals surface area contributed by atoms with Crippen LogP contribution in [0.1, 0.15) is 17.3 Å². The number of benzene rings is 1. The fourth-order valence-electron chi connectivity index (χ4n) is 1.75. The Morgan fingerprint density at radius 1 is 1.21 bits per heavy atom. The first-order valence-electron chi connectivity index (χ1n) is 5.61. The minimum absolute atomic E-state index is 0.0771. The van der Waals surface area contributed by atoms with Gasteiger partial charge in [0.25, 0.3) is 0 Å². The maximum atomic E-state index is 6.22. The minimum Gasteiger partial charge on any atom is -0.271 e. The third-order valence-electron chi connectivity index (χ3n) is 2.75. The molecule has 3 nitrogen and oxygen atoms in total. The minimum atomic E-state index is -0.0771. The number of nitrogens with one attached hydrogen (secondary N) is 1. The van der Waals surface area contributed by atoms with Crippen molar-refractivity contribution in [2.24, 2.45) is 5.84 Å². The molecule has 0 amide bonds. The highest BCUT2D eigenvalue weighted by Gasteiger charge is 2.14. The van der Waals surface area contributed by atoms with E-state index in [1.807, 2.05) is 30.3 Å². The smallest absolute Gasteiger partial charge is 0.0672 e. The lowest BCUT2D eigenvalue weighted by Crippen LogP contribution is -2.30. The fourth-order valence-corrected chi connectivity index (χ4v) is 2.73. The Morgan fingerprint density at radius 3 is 2.53 bits per heavy atom. The molecule has 1 unspecified atom stereocenters. The molecule has 3 N–H and O–H groups in total. The second kappa shape index (κ2) is 6.81. The van der Waals surface area contributed by atoms with Gasteiger partial charge in [0.1, 0.15) is 0 Å². The summed E-state index contributed by atoms with van der Waals surface area (Å²) in [7, 11) is 0. The van der Waals surface area contributed by atoms with Gasteiger partial charge in [0.15, 0.2) is 0 Å². The van der Waals surface area contributed by atoms with Crippen molar-refractivity contribution < 1.29 is 0 Å². The van der Waals surface area contributed by atoms with Gasteiger partial charge in [-0.1, -0.05) is 33.6 Å². The SMILES string of the molecule is NNC(Cc1ccc(Br)cc1Cl)c1ccc(Br)cn1. The zero-order valence-electron chi connectivity index (χ0n) is 9.91. The lowest BCUT2D eigenvalue weighted by Gasteiger charge is -2.16. The third kappa shape index (κ3) is 4.00. The van der Waals surface area contributed by atoms with Crippen LogP contribution in [-0.2, 0) is 6.42 Å². The number of nitrogens with two attached hydrogens (primary N) is 1. The molecule has 0 aliphatic heterocycles. The van der Waals surface area contributed by atoms with Crippen LogP contribution in [0.25, 0.3) is 0 Å². The summed E-state index contributed by atoms with van der Waals surface area (Å²) in [6, 6.07) is 9.61. The monoisotopic (exact) mass is 403 g/mol. The number of hydrogen-bond acceptors (Lipinski definition) is 3. The first kappa shape index (κ1) is 14.9. The average molecular weight is 406 g/mol. The Balaban J connectivity index is 2.21. The molecule has 1 heterocycles. The molecule has 6 heteroatoms. The number of hydrazine groups is 1. The van der Waals surface area contributed by atoms with Gasteiger partial charge in [-0.2, -0.15) is 0 Å². The van der Waals surface area contributed by atoms with Crippen molar-refractivity contribution in [3.8, 4) is 0 Å². The molecule has 0 spiro atoms. The molecular formula is C13H12Br2ClN3. The molecule has 100 valence electrons. The van der Waals surface area contributed by atoms with E-state index < -0.39 is 0 Å². The van der Waals surface area contributed by atoms with Crippen LogP contribution in [0, 0.1) is 0 Å². The molecule has 0 aliphatic rings. The normalized spacial score (nSPS) is 12.4. The summed E-state index contributed by atoms with van der Waals surface area (Å²) in [5, 5.41) is 0.715. The molecule has 0 radical (unpaired) electrons. The molecule has 0 bridgehead atoms. The first-order chi connectivity index (χ1) is 9.10. The largest absolute Gasteiger partial charge is 0.271 e. The molecule has 0 aliphatic carbocycles. The van der Waals surface area contributed by atoms with Crippen LogP contribution in [0.4, 0.5) is 0 Å². The summed E-state index contributed by atoms with van der Waals surface area (Å²) in [6.07, 6.45) is 2.43. The second-order valence-corrected chi connectivity index (χ2v) is 6.30. The molecule has 19 heavy (non-hydrogen) atoms. The van der Waals surface area contributed by atoms with Crippen LogP contribution in [0.15, 0.2) is 45.5 Å². The van der Waals surface area contributed by atoms with Gasteiger partial charge in [-0.15, -0.1) is 0 Å². The van der Waals surface area contributed by atoms with Gasteiger partial charge in [-0.05, 0) is 52.2 Å². The highest BCUT2D eigenvalue weighted by atomic mass is 79.9. The number of aromatic nitrogens is 1. The molecule has 2 aromatic rings. The van der Waals surface area contributed by atoms with E-state index in [1.165, 1.54) is 0 Å². The Kier molecular flexibility index (Phi) is 5.36. The molecule has 0 saturated heterocycles. The van der Waals surface area contributed by atoms with Crippen LogP contribution >= 0.6 is 43.5 Å². The summed E-state index contributed by atoms with van der Waals surface area (Å²) in [6.45, 7) is 0. The Hall–Kier alpha value is -0.460. The molecule has 1 aromatic carbocycles. The van der Waals surface area contributed by atoms with E-state index in [0.717, 1.165) is 20.2 Å². The topological polar surface area (TPSA) is 50.9 Å². The van der Waals surface area contributed by atoms with E-state index in [4.69, 9.17) is 17.4 Å². The molecule has 0 saturated carbocycles. The van der Waals surface area contributed by atoms with Crippen LogP contribution in [-0.4, -0.2) is 4.98 Å². The highest BCUT2D eigenvalue weighted by molar-refractivity contribution is 9.10. The standard InChI is InChI=1S/C13H12Br2ClN3/c14-9-2-1-8(11(16)6-9)5-13(19-17)12-4-3-10(15)7-18-12/h1-4,6-7,13,19H,5,17H2. The van der Waals surface area contributed by atoms with Crippen molar-refractivity contribution in [3.63, 3.8) is 0 Å². The molecule has 1 aromatic heterocycles. The third-order valence-corrected chi connectivity index (χ3v) is 4.06. The quantitative estimate of drug-likeness (QED) is 0.597. The van der Waals surface area contributed by atoms with E-state index in [9.17, 15) is 0 Å². The average Bonchev–Trinajstić information content (AvgIpc) is 2.39. The van der Waals surface area contributed by atoms with Gasteiger partial charge < -0.3 is 0 Å². The van der Waals surface area contributed by atoms with Crippen LogP contribution in [0.5, 0.6) is 0 Å².